The number of likely N-dealkylation sites (tertiary alicyclic amines) is 1. The van der Waals surface area contributed by atoms with Gasteiger partial charge in [-0.3, -0.25) is 14.7 Å². The standard InChI is InChI=1S/C20H23N3OS/c1-14(24)10-20-22-11-16(25-20)13-23-9-3-4-15(12-23)17-7-8-21-19-6-2-5-18(17)19/h2,6-8,11,15H,3-5,9-10,12-13H2,1H3/t15-/m1/s1. The van der Waals surface area contributed by atoms with Gasteiger partial charge in [-0.25, -0.2) is 4.98 Å². The molecule has 2 aromatic rings. The molecule has 0 unspecified atom stereocenters. The average Bonchev–Trinajstić information content (AvgIpc) is 3.23. The Morgan fingerprint density at radius 3 is 3.20 bits per heavy atom. The number of hydrogen-bond acceptors (Lipinski definition) is 5. The van der Waals surface area contributed by atoms with Crippen LogP contribution in [0.1, 0.15) is 52.4 Å². The molecule has 2 aromatic heterocycles. The molecule has 4 nitrogen and oxygen atoms in total. The van der Waals surface area contributed by atoms with Gasteiger partial charge in [0.1, 0.15) is 10.8 Å². The van der Waals surface area contributed by atoms with Crippen molar-refractivity contribution in [2.24, 2.45) is 0 Å². The summed E-state index contributed by atoms with van der Waals surface area (Å²) in [5.74, 6) is 0.772. The minimum Gasteiger partial charge on any atom is -0.300 e. The van der Waals surface area contributed by atoms with E-state index in [0.29, 0.717) is 12.3 Å². The molecule has 1 atom stereocenters. The summed E-state index contributed by atoms with van der Waals surface area (Å²) >= 11 is 1.68. The van der Waals surface area contributed by atoms with Crippen LogP contribution in [0.3, 0.4) is 0 Å². The molecule has 0 aromatic carbocycles. The summed E-state index contributed by atoms with van der Waals surface area (Å²) in [7, 11) is 0. The Labute approximate surface area is 152 Å². The lowest BCUT2D eigenvalue weighted by atomic mass is 9.87. The quantitative estimate of drug-likeness (QED) is 0.824. The summed E-state index contributed by atoms with van der Waals surface area (Å²) in [6, 6.07) is 2.22. The van der Waals surface area contributed by atoms with Gasteiger partial charge in [0.2, 0.25) is 0 Å². The second-order valence-corrected chi connectivity index (χ2v) is 8.24. The van der Waals surface area contributed by atoms with Crippen molar-refractivity contribution in [3.05, 3.63) is 51.2 Å². The number of carbonyl (C=O) groups is 1. The molecular formula is C20H23N3OS. The number of thiazole rings is 1. The van der Waals surface area contributed by atoms with E-state index in [2.05, 4.69) is 33.1 Å². The fourth-order valence-electron chi connectivity index (χ4n) is 3.95. The average molecular weight is 353 g/mol. The van der Waals surface area contributed by atoms with E-state index in [4.69, 9.17) is 0 Å². The monoisotopic (exact) mass is 353 g/mol. The molecule has 130 valence electrons. The molecule has 1 aliphatic carbocycles. The van der Waals surface area contributed by atoms with E-state index in [1.165, 1.54) is 28.8 Å². The third-order valence-electron chi connectivity index (χ3n) is 5.05. The van der Waals surface area contributed by atoms with E-state index < -0.39 is 0 Å². The third-order valence-corrected chi connectivity index (χ3v) is 6.03. The highest BCUT2D eigenvalue weighted by atomic mass is 32.1. The molecule has 0 amide bonds. The van der Waals surface area contributed by atoms with Gasteiger partial charge in [-0.2, -0.15) is 0 Å². The predicted octanol–water partition coefficient (Wildman–Crippen LogP) is 3.62. The van der Waals surface area contributed by atoms with Gasteiger partial charge in [0.25, 0.3) is 0 Å². The van der Waals surface area contributed by atoms with Crippen LogP contribution in [0.25, 0.3) is 6.08 Å². The maximum Gasteiger partial charge on any atom is 0.136 e. The lowest BCUT2D eigenvalue weighted by molar-refractivity contribution is -0.116. The SMILES string of the molecule is CC(=O)Cc1ncc(CN2CCC[C@@H](c3ccnc4c3CC=C4)C2)s1. The number of nitrogens with zero attached hydrogens (tertiary/aromatic N) is 3. The fraction of sp³-hybridized carbons (Fsp3) is 0.450. The number of pyridine rings is 1. The van der Waals surface area contributed by atoms with Crippen LogP contribution in [0.4, 0.5) is 0 Å². The zero-order valence-corrected chi connectivity index (χ0v) is 15.4. The van der Waals surface area contributed by atoms with Crippen LogP contribution in [0.2, 0.25) is 0 Å². The topological polar surface area (TPSA) is 46.1 Å². The summed E-state index contributed by atoms with van der Waals surface area (Å²) in [6.07, 6.45) is 12.2. The first-order valence-electron chi connectivity index (χ1n) is 8.98. The van der Waals surface area contributed by atoms with E-state index in [9.17, 15) is 4.79 Å². The van der Waals surface area contributed by atoms with Crippen LogP contribution in [-0.4, -0.2) is 33.7 Å². The number of fused-ring (bicyclic) bond motifs is 1. The predicted molar refractivity (Wildman–Crippen MR) is 101 cm³/mol. The molecule has 0 saturated carbocycles. The highest BCUT2D eigenvalue weighted by molar-refractivity contribution is 7.11. The van der Waals surface area contributed by atoms with Crippen LogP contribution in [0.5, 0.6) is 0 Å². The number of allylic oxidation sites excluding steroid dienone is 1. The molecule has 0 radical (unpaired) electrons. The second kappa shape index (κ2) is 7.18. The highest BCUT2D eigenvalue weighted by Gasteiger charge is 2.25. The molecule has 2 aliphatic rings. The molecule has 0 spiro atoms. The lowest BCUT2D eigenvalue weighted by Crippen LogP contribution is -2.34. The largest absolute Gasteiger partial charge is 0.300 e. The molecule has 25 heavy (non-hydrogen) atoms. The molecule has 0 N–H and O–H groups in total. The molecule has 4 rings (SSSR count). The Morgan fingerprint density at radius 1 is 1.40 bits per heavy atom. The Kier molecular flexibility index (Phi) is 4.77. The summed E-state index contributed by atoms with van der Waals surface area (Å²) < 4.78 is 0. The van der Waals surface area contributed by atoms with E-state index >= 15 is 0 Å². The number of ketones is 1. The van der Waals surface area contributed by atoms with Gasteiger partial charge in [-0.15, -0.1) is 11.3 Å². The summed E-state index contributed by atoms with van der Waals surface area (Å²) in [5, 5.41) is 0.939. The molecular weight excluding hydrogens is 330 g/mol. The molecule has 3 heterocycles. The van der Waals surface area contributed by atoms with Gasteiger partial charge < -0.3 is 0 Å². The first-order valence-corrected chi connectivity index (χ1v) is 9.80. The highest BCUT2D eigenvalue weighted by Crippen LogP contribution is 2.33. The Hall–Kier alpha value is -1.85. The van der Waals surface area contributed by atoms with E-state index in [0.717, 1.165) is 36.8 Å². The number of rotatable bonds is 5. The van der Waals surface area contributed by atoms with Gasteiger partial charge in [-0.1, -0.05) is 6.08 Å². The van der Waals surface area contributed by atoms with Crippen LogP contribution >= 0.6 is 11.3 Å². The number of Topliss-reactive ketones (excluding diaryl/α,β-unsaturated/α-hetero) is 1. The van der Waals surface area contributed by atoms with Gasteiger partial charge in [-0.05, 0) is 61.9 Å². The van der Waals surface area contributed by atoms with Crippen LogP contribution in [-0.2, 0) is 24.2 Å². The zero-order valence-electron chi connectivity index (χ0n) is 14.6. The van der Waals surface area contributed by atoms with E-state index in [1.54, 1.807) is 18.3 Å². The normalized spacial score (nSPS) is 20.0. The second-order valence-electron chi connectivity index (χ2n) is 7.04. The first-order chi connectivity index (χ1) is 12.2. The van der Waals surface area contributed by atoms with Gasteiger partial charge in [0.15, 0.2) is 0 Å². The molecule has 1 aliphatic heterocycles. The van der Waals surface area contributed by atoms with Crippen molar-refractivity contribution in [3.8, 4) is 0 Å². The van der Waals surface area contributed by atoms with E-state index in [-0.39, 0.29) is 5.78 Å². The van der Waals surface area contributed by atoms with Crippen molar-refractivity contribution in [1.29, 1.82) is 0 Å². The minimum atomic E-state index is 0.180. The molecule has 0 bridgehead atoms. The zero-order chi connectivity index (χ0) is 17.2. The van der Waals surface area contributed by atoms with Gasteiger partial charge in [0.05, 0.1) is 12.1 Å². The van der Waals surface area contributed by atoms with Crippen molar-refractivity contribution in [3.63, 3.8) is 0 Å². The molecule has 5 heteroatoms. The molecule has 1 fully saturated rings. The van der Waals surface area contributed by atoms with Crippen LogP contribution in [0, 0.1) is 0 Å². The third kappa shape index (κ3) is 3.72. The maximum absolute atomic E-state index is 11.3. The smallest absolute Gasteiger partial charge is 0.136 e. The number of carbonyl (C=O) groups excluding carboxylic acids is 1. The first kappa shape index (κ1) is 16.6. The van der Waals surface area contributed by atoms with E-state index in [1.807, 2.05) is 12.4 Å². The Bertz CT molecular complexity index is 811. The van der Waals surface area contributed by atoms with Crippen molar-refractivity contribution < 1.29 is 4.79 Å². The van der Waals surface area contributed by atoms with Crippen molar-refractivity contribution in [2.75, 3.05) is 13.1 Å². The number of aromatic nitrogens is 2. The molecule has 1 saturated heterocycles. The summed E-state index contributed by atoms with van der Waals surface area (Å²) in [6.45, 7) is 4.80. The van der Waals surface area contributed by atoms with Crippen LogP contribution < -0.4 is 0 Å². The summed E-state index contributed by atoms with van der Waals surface area (Å²) in [5.41, 5.74) is 4.07. The maximum atomic E-state index is 11.3. The van der Waals surface area contributed by atoms with Gasteiger partial charge in [0, 0.05) is 30.4 Å². The van der Waals surface area contributed by atoms with Crippen LogP contribution in [0.15, 0.2) is 24.5 Å². The number of hydrogen-bond donors (Lipinski definition) is 0. The van der Waals surface area contributed by atoms with Crippen molar-refractivity contribution in [2.45, 2.75) is 45.1 Å². The lowest BCUT2D eigenvalue weighted by Gasteiger charge is -2.33. The fourth-order valence-corrected chi connectivity index (χ4v) is 4.99. The Balaban J connectivity index is 1.44. The minimum absolute atomic E-state index is 0.180. The van der Waals surface area contributed by atoms with Crippen molar-refractivity contribution >= 4 is 23.2 Å². The van der Waals surface area contributed by atoms with Crippen molar-refractivity contribution in [1.82, 2.24) is 14.9 Å². The number of piperidine rings is 1. The Morgan fingerprint density at radius 2 is 2.32 bits per heavy atom. The van der Waals surface area contributed by atoms with Gasteiger partial charge >= 0.3 is 0 Å². The summed E-state index contributed by atoms with van der Waals surface area (Å²) in [4.78, 5) is 23.9.